The van der Waals surface area contributed by atoms with Gasteiger partial charge in [0.05, 0.1) is 22.3 Å². The molecule has 4 N–H and O–H groups in total. The van der Waals surface area contributed by atoms with Crippen molar-refractivity contribution >= 4 is 28.2 Å². The summed E-state index contributed by atoms with van der Waals surface area (Å²) in [5, 5.41) is 9.23. The molecule has 3 heterocycles. The standard InChI is InChI=1S/C15H13N5S/c16-14-13(12(19-20-14)8-9-4-3-7-21-9)15-17-10-5-1-2-6-11(10)18-15/h1-7H,8H2,(H,17,18)(H3,16,19,20). The predicted octanol–water partition coefficient (Wildman–Crippen LogP) is 3.19. The minimum Gasteiger partial charge on any atom is -0.382 e. The SMILES string of the molecule is Nc1n[nH]c(Cc2cccs2)c1-c1nc2ccccc2[nH]1. The van der Waals surface area contributed by atoms with Crippen molar-refractivity contribution in [2.75, 3.05) is 5.73 Å². The average molecular weight is 295 g/mol. The van der Waals surface area contributed by atoms with Gasteiger partial charge in [-0.05, 0) is 23.6 Å². The minimum absolute atomic E-state index is 0.473. The monoisotopic (exact) mass is 295 g/mol. The maximum atomic E-state index is 6.03. The Bertz CT molecular complexity index is 855. The van der Waals surface area contributed by atoms with Gasteiger partial charge in [0.25, 0.3) is 0 Å². The van der Waals surface area contributed by atoms with Gasteiger partial charge >= 0.3 is 0 Å². The highest BCUT2D eigenvalue weighted by atomic mass is 32.1. The number of nitrogens with zero attached hydrogens (tertiary/aromatic N) is 2. The first kappa shape index (κ1) is 12.2. The number of nitrogen functional groups attached to an aromatic ring is 1. The van der Waals surface area contributed by atoms with Crippen LogP contribution in [0.25, 0.3) is 22.4 Å². The van der Waals surface area contributed by atoms with Gasteiger partial charge in [-0.1, -0.05) is 18.2 Å². The number of para-hydroxylation sites is 2. The summed E-state index contributed by atoms with van der Waals surface area (Å²) in [4.78, 5) is 9.19. The molecule has 0 saturated carbocycles. The van der Waals surface area contributed by atoms with Crippen molar-refractivity contribution in [1.82, 2.24) is 20.2 Å². The average Bonchev–Trinajstić information content (AvgIpc) is 3.19. The van der Waals surface area contributed by atoms with E-state index in [4.69, 9.17) is 5.73 Å². The Kier molecular flexibility index (Phi) is 2.75. The lowest BCUT2D eigenvalue weighted by atomic mass is 10.1. The zero-order valence-corrected chi connectivity index (χ0v) is 11.9. The molecule has 6 heteroatoms. The molecule has 0 atom stereocenters. The summed E-state index contributed by atoms with van der Waals surface area (Å²) in [5.74, 6) is 1.23. The number of fused-ring (bicyclic) bond motifs is 1. The summed E-state index contributed by atoms with van der Waals surface area (Å²) in [7, 11) is 0. The zero-order chi connectivity index (χ0) is 14.2. The molecular formula is C15H13N5S. The van der Waals surface area contributed by atoms with Gasteiger partial charge in [0.15, 0.2) is 5.82 Å². The number of rotatable bonds is 3. The van der Waals surface area contributed by atoms with E-state index in [1.165, 1.54) is 4.88 Å². The van der Waals surface area contributed by atoms with E-state index >= 15 is 0 Å². The molecule has 0 saturated heterocycles. The molecule has 0 fully saturated rings. The Morgan fingerprint density at radius 2 is 2.05 bits per heavy atom. The van der Waals surface area contributed by atoms with Crippen molar-refractivity contribution in [3.63, 3.8) is 0 Å². The summed E-state index contributed by atoms with van der Waals surface area (Å²) >= 11 is 1.72. The number of thiophene rings is 1. The van der Waals surface area contributed by atoms with Crippen molar-refractivity contribution in [3.8, 4) is 11.4 Å². The summed E-state index contributed by atoms with van der Waals surface area (Å²) in [5.41, 5.74) is 9.79. The van der Waals surface area contributed by atoms with Gasteiger partial charge in [0, 0.05) is 11.3 Å². The van der Waals surface area contributed by atoms with Gasteiger partial charge in [0.1, 0.15) is 5.82 Å². The number of hydrogen-bond acceptors (Lipinski definition) is 4. The minimum atomic E-state index is 0.473. The third kappa shape index (κ3) is 2.09. The molecule has 0 aliphatic heterocycles. The quantitative estimate of drug-likeness (QED) is 0.543. The van der Waals surface area contributed by atoms with E-state index < -0.39 is 0 Å². The molecule has 0 unspecified atom stereocenters. The van der Waals surface area contributed by atoms with Gasteiger partial charge in [-0.15, -0.1) is 11.3 Å². The Morgan fingerprint density at radius 3 is 2.86 bits per heavy atom. The maximum Gasteiger partial charge on any atom is 0.156 e. The van der Waals surface area contributed by atoms with E-state index in [0.29, 0.717) is 5.82 Å². The fourth-order valence-electron chi connectivity index (χ4n) is 2.44. The van der Waals surface area contributed by atoms with Crippen LogP contribution in [-0.2, 0) is 6.42 Å². The van der Waals surface area contributed by atoms with Crippen LogP contribution in [-0.4, -0.2) is 20.2 Å². The molecule has 104 valence electrons. The van der Waals surface area contributed by atoms with Crippen LogP contribution in [0.15, 0.2) is 41.8 Å². The Balaban J connectivity index is 1.82. The number of aromatic amines is 2. The van der Waals surface area contributed by atoms with Crippen LogP contribution in [0, 0.1) is 0 Å². The lowest BCUT2D eigenvalue weighted by Crippen LogP contribution is -1.93. The number of imidazole rings is 1. The molecule has 4 rings (SSSR count). The lowest BCUT2D eigenvalue weighted by Gasteiger charge is -1.99. The Labute approximate surface area is 124 Å². The molecule has 0 amide bonds. The molecule has 0 aliphatic carbocycles. The first-order chi connectivity index (χ1) is 10.3. The predicted molar refractivity (Wildman–Crippen MR) is 85.2 cm³/mol. The van der Waals surface area contributed by atoms with Crippen LogP contribution in [0.5, 0.6) is 0 Å². The molecule has 5 nitrogen and oxygen atoms in total. The molecule has 0 radical (unpaired) electrons. The van der Waals surface area contributed by atoms with E-state index in [1.807, 2.05) is 30.3 Å². The summed E-state index contributed by atoms with van der Waals surface area (Å²) in [6, 6.07) is 12.1. The smallest absolute Gasteiger partial charge is 0.156 e. The number of benzene rings is 1. The second-order valence-corrected chi connectivity index (χ2v) is 5.85. The maximum absolute atomic E-state index is 6.03. The van der Waals surface area contributed by atoms with Gasteiger partial charge in [-0.3, -0.25) is 5.10 Å². The number of nitrogens with two attached hydrogens (primary N) is 1. The van der Waals surface area contributed by atoms with Gasteiger partial charge in [-0.2, -0.15) is 5.10 Å². The summed E-state index contributed by atoms with van der Waals surface area (Å²) in [6.07, 6.45) is 0.772. The highest BCUT2D eigenvalue weighted by Crippen LogP contribution is 2.29. The normalized spacial score (nSPS) is 11.2. The Hall–Kier alpha value is -2.60. The largest absolute Gasteiger partial charge is 0.382 e. The van der Waals surface area contributed by atoms with E-state index in [-0.39, 0.29) is 0 Å². The topological polar surface area (TPSA) is 83.4 Å². The van der Waals surface area contributed by atoms with E-state index in [1.54, 1.807) is 11.3 Å². The molecule has 3 aromatic heterocycles. The van der Waals surface area contributed by atoms with Crippen molar-refractivity contribution in [1.29, 1.82) is 0 Å². The molecular weight excluding hydrogens is 282 g/mol. The van der Waals surface area contributed by atoms with Crippen LogP contribution >= 0.6 is 11.3 Å². The second-order valence-electron chi connectivity index (χ2n) is 4.82. The first-order valence-corrected chi connectivity index (χ1v) is 7.49. The fourth-order valence-corrected chi connectivity index (χ4v) is 3.16. The van der Waals surface area contributed by atoms with Gasteiger partial charge < -0.3 is 10.7 Å². The number of H-pyrrole nitrogens is 2. The number of anilines is 1. The fraction of sp³-hybridized carbons (Fsp3) is 0.0667. The second kappa shape index (κ2) is 4.75. The molecule has 1 aromatic carbocycles. The van der Waals surface area contributed by atoms with Crippen LogP contribution in [0.3, 0.4) is 0 Å². The van der Waals surface area contributed by atoms with Crippen LogP contribution in [0.2, 0.25) is 0 Å². The molecule has 21 heavy (non-hydrogen) atoms. The number of hydrogen-bond donors (Lipinski definition) is 3. The summed E-state index contributed by atoms with van der Waals surface area (Å²) in [6.45, 7) is 0. The van der Waals surface area contributed by atoms with Gasteiger partial charge in [-0.25, -0.2) is 4.98 Å². The third-order valence-electron chi connectivity index (χ3n) is 3.43. The molecule has 0 aliphatic rings. The van der Waals surface area contributed by atoms with E-state index in [9.17, 15) is 0 Å². The van der Waals surface area contributed by atoms with Crippen LogP contribution < -0.4 is 5.73 Å². The highest BCUT2D eigenvalue weighted by molar-refractivity contribution is 7.09. The van der Waals surface area contributed by atoms with Crippen molar-refractivity contribution in [3.05, 3.63) is 52.3 Å². The molecule has 4 aromatic rings. The van der Waals surface area contributed by atoms with E-state index in [0.717, 1.165) is 34.5 Å². The number of nitrogens with one attached hydrogen (secondary N) is 2. The van der Waals surface area contributed by atoms with E-state index in [2.05, 4.69) is 31.6 Å². The number of aromatic nitrogens is 4. The van der Waals surface area contributed by atoms with Gasteiger partial charge in [0.2, 0.25) is 0 Å². The van der Waals surface area contributed by atoms with Crippen LogP contribution in [0.1, 0.15) is 10.6 Å². The lowest BCUT2D eigenvalue weighted by molar-refractivity contribution is 1.01. The van der Waals surface area contributed by atoms with Crippen molar-refractivity contribution < 1.29 is 0 Å². The molecule has 0 spiro atoms. The van der Waals surface area contributed by atoms with Crippen molar-refractivity contribution in [2.45, 2.75) is 6.42 Å². The highest BCUT2D eigenvalue weighted by Gasteiger charge is 2.17. The zero-order valence-electron chi connectivity index (χ0n) is 11.1. The Morgan fingerprint density at radius 1 is 1.14 bits per heavy atom. The molecule has 0 bridgehead atoms. The van der Waals surface area contributed by atoms with Crippen LogP contribution in [0.4, 0.5) is 5.82 Å². The summed E-state index contributed by atoms with van der Waals surface area (Å²) < 4.78 is 0. The first-order valence-electron chi connectivity index (χ1n) is 6.61. The van der Waals surface area contributed by atoms with Crippen molar-refractivity contribution in [2.24, 2.45) is 0 Å². The third-order valence-corrected chi connectivity index (χ3v) is 4.30.